The van der Waals surface area contributed by atoms with Crippen LogP contribution >= 0.6 is 0 Å². The Kier molecular flexibility index (Phi) is 5.77. The summed E-state index contributed by atoms with van der Waals surface area (Å²) < 4.78 is 5.60. The third kappa shape index (κ3) is 4.33. The van der Waals surface area contributed by atoms with E-state index in [4.69, 9.17) is 10.5 Å². The largest absolute Gasteiger partial charge is 0.492 e. The van der Waals surface area contributed by atoms with Gasteiger partial charge in [-0.25, -0.2) is 0 Å². The molecule has 0 saturated heterocycles. The van der Waals surface area contributed by atoms with Gasteiger partial charge in [-0.05, 0) is 37.1 Å². The summed E-state index contributed by atoms with van der Waals surface area (Å²) in [6.07, 6.45) is 0. The molecule has 1 amide bonds. The predicted octanol–water partition coefficient (Wildman–Crippen LogP) is 3.67. The van der Waals surface area contributed by atoms with Gasteiger partial charge in [-0.3, -0.25) is 4.79 Å². The van der Waals surface area contributed by atoms with Gasteiger partial charge < -0.3 is 15.8 Å². The molecule has 2 unspecified atom stereocenters. The van der Waals surface area contributed by atoms with Crippen LogP contribution in [0, 0.1) is 12.8 Å². The Hall–Kier alpha value is -2.33. The van der Waals surface area contributed by atoms with Gasteiger partial charge in [0.15, 0.2) is 0 Å². The molecule has 0 heterocycles. The molecule has 0 aliphatic carbocycles. The Bertz CT molecular complexity index is 656. The maximum absolute atomic E-state index is 12.5. The van der Waals surface area contributed by atoms with Gasteiger partial charge in [0.25, 0.3) is 0 Å². The molecule has 122 valence electrons. The molecule has 0 aliphatic rings. The van der Waals surface area contributed by atoms with Crippen molar-refractivity contribution in [2.24, 2.45) is 11.7 Å². The number of nitrogens with two attached hydrogens (primary N) is 1. The lowest BCUT2D eigenvalue weighted by atomic mass is 9.94. The molecule has 2 atom stereocenters. The van der Waals surface area contributed by atoms with Crippen molar-refractivity contribution in [1.82, 2.24) is 0 Å². The molecular weight excluding hydrogens is 288 g/mol. The van der Waals surface area contributed by atoms with Gasteiger partial charge in [0.1, 0.15) is 5.75 Å². The number of ether oxygens (including phenoxy) is 1. The van der Waals surface area contributed by atoms with Crippen molar-refractivity contribution in [3.05, 3.63) is 59.7 Å². The van der Waals surface area contributed by atoms with E-state index in [1.165, 1.54) is 0 Å². The van der Waals surface area contributed by atoms with Crippen LogP contribution in [0.5, 0.6) is 5.75 Å². The first-order valence-electron chi connectivity index (χ1n) is 7.87. The van der Waals surface area contributed by atoms with Crippen LogP contribution in [0.2, 0.25) is 0 Å². The van der Waals surface area contributed by atoms with Crippen molar-refractivity contribution in [3.8, 4) is 5.75 Å². The van der Waals surface area contributed by atoms with Crippen molar-refractivity contribution in [1.29, 1.82) is 0 Å². The second-order valence-electron chi connectivity index (χ2n) is 5.65. The minimum atomic E-state index is -0.354. The highest BCUT2D eigenvalue weighted by Gasteiger charge is 2.23. The number of anilines is 1. The van der Waals surface area contributed by atoms with Gasteiger partial charge >= 0.3 is 0 Å². The summed E-state index contributed by atoms with van der Waals surface area (Å²) in [5.41, 5.74) is 8.93. The number of hydrogen-bond donors (Lipinski definition) is 2. The van der Waals surface area contributed by atoms with Crippen LogP contribution in [0.3, 0.4) is 0 Å². The second-order valence-corrected chi connectivity index (χ2v) is 5.65. The molecule has 4 nitrogen and oxygen atoms in total. The number of benzene rings is 2. The van der Waals surface area contributed by atoms with E-state index in [1.54, 1.807) is 0 Å². The summed E-state index contributed by atoms with van der Waals surface area (Å²) in [6.45, 7) is 6.29. The highest BCUT2D eigenvalue weighted by molar-refractivity contribution is 5.94. The average Bonchev–Trinajstić information content (AvgIpc) is 2.57. The van der Waals surface area contributed by atoms with E-state index in [9.17, 15) is 4.79 Å². The van der Waals surface area contributed by atoms with Gasteiger partial charge in [0, 0.05) is 6.04 Å². The monoisotopic (exact) mass is 312 g/mol. The molecule has 0 radical (unpaired) electrons. The van der Waals surface area contributed by atoms with Crippen molar-refractivity contribution < 1.29 is 9.53 Å². The molecule has 23 heavy (non-hydrogen) atoms. The zero-order chi connectivity index (χ0) is 16.8. The summed E-state index contributed by atoms with van der Waals surface area (Å²) in [5, 5.41) is 2.93. The van der Waals surface area contributed by atoms with Gasteiger partial charge in [0.2, 0.25) is 5.91 Å². The minimum absolute atomic E-state index is 0.119. The standard InChI is InChI=1S/C19H24N2O2/c1-4-23-17-12-13(2)10-11-16(17)21-19(22)14(3)18(20)15-8-6-5-7-9-15/h5-12,14,18H,4,20H2,1-3H3,(H,21,22). The Balaban J connectivity index is 2.12. The number of carbonyl (C=O) groups excluding carboxylic acids is 1. The van der Waals surface area contributed by atoms with E-state index in [0.717, 1.165) is 11.1 Å². The van der Waals surface area contributed by atoms with Crippen LogP contribution in [-0.4, -0.2) is 12.5 Å². The third-order valence-corrected chi connectivity index (χ3v) is 3.83. The van der Waals surface area contributed by atoms with E-state index in [0.29, 0.717) is 18.0 Å². The number of rotatable bonds is 6. The fourth-order valence-electron chi connectivity index (χ4n) is 2.38. The zero-order valence-corrected chi connectivity index (χ0v) is 13.9. The number of carbonyl (C=O) groups is 1. The first-order chi connectivity index (χ1) is 11.0. The average molecular weight is 312 g/mol. The fraction of sp³-hybridized carbons (Fsp3) is 0.316. The van der Waals surface area contributed by atoms with Gasteiger partial charge in [0.05, 0.1) is 18.2 Å². The molecule has 0 aromatic heterocycles. The fourth-order valence-corrected chi connectivity index (χ4v) is 2.38. The first kappa shape index (κ1) is 17.0. The smallest absolute Gasteiger partial charge is 0.229 e. The second kappa shape index (κ2) is 7.79. The Morgan fingerprint density at radius 2 is 1.91 bits per heavy atom. The number of hydrogen-bond acceptors (Lipinski definition) is 3. The normalized spacial score (nSPS) is 13.2. The maximum Gasteiger partial charge on any atom is 0.229 e. The number of nitrogens with one attached hydrogen (secondary N) is 1. The van der Waals surface area contributed by atoms with E-state index >= 15 is 0 Å². The van der Waals surface area contributed by atoms with Crippen LogP contribution in [0.1, 0.15) is 31.0 Å². The zero-order valence-electron chi connectivity index (χ0n) is 13.9. The lowest BCUT2D eigenvalue weighted by molar-refractivity contribution is -0.120. The summed E-state index contributed by atoms with van der Waals surface area (Å²) in [5.74, 6) is 0.209. The minimum Gasteiger partial charge on any atom is -0.492 e. The van der Waals surface area contributed by atoms with Crippen molar-refractivity contribution in [2.45, 2.75) is 26.8 Å². The van der Waals surface area contributed by atoms with E-state index < -0.39 is 0 Å². The highest BCUT2D eigenvalue weighted by Crippen LogP contribution is 2.27. The van der Waals surface area contributed by atoms with Crippen LogP contribution in [0.15, 0.2) is 48.5 Å². The lowest BCUT2D eigenvalue weighted by Crippen LogP contribution is -2.30. The highest BCUT2D eigenvalue weighted by atomic mass is 16.5. The van der Waals surface area contributed by atoms with Crippen LogP contribution in [0.4, 0.5) is 5.69 Å². The third-order valence-electron chi connectivity index (χ3n) is 3.83. The van der Waals surface area contributed by atoms with E-state index in [-0.39, 0.29) is 17.9 Å². The van der Waals surface area contributed by atoms with E-state index in [1.807, 2.05) is 69.3 Å². The number of amides is 1. The van der Waals surface area contributed by atoms with Gasteiger partial charge in [-0.15, -0.1) is 0 Å². The Labute approximate surface area is 137 Å². The SMILES string of the molecule is CCOc1cc(C)ccc1NC(=O)C(C)C(N)c1ccccc1. The molecule has 0 aliphatic heterocycles. The molecule has 3 N–H and O–H groups in total. The van der Waals surface area contributed by atoms with Crippen molar-refractivity contribution >= 4 is 11.6 Å². The van der Waals surface area contributed by atoms with Crippen LogP contribution < -0.4 is 15.8 Å². The van der Waals surface area contributed by atoms with E-state index in [2.05, 4.69) is 5.32 Å². The summed E-state index contributed by atoms with van der Waals surface area (Å²) in [6, 6.07) is 15.0. The predicted molar refractivity (Wildman–Crippen MR) is 93.5 cm³/mol. The molecular formula is C19H24N2O2. The van der Waals surface area contributed by atoms with Gasteiger partial charge in [-0.2, -0.15) is 0 Å². The molecule has 0 fully saturated rings. The summed E-state index contributed by atoms with van der Waals surface area (Å²) >= 11 is 0. The molecule has 0 bridgehead atoms. The lowest BCUT2D eigenvalue weighted by Gasteiger charge is -2.21. The molecule has 0 saturated carbocycles. The molecule has 2 rings (SSSR count). The van der Waals surface area contributed by atoms with Crippen LogP contribution in [0.25, 0.3) is 0 Å². The molecule has 4 heteroatoms. The Morgan fingerprint density at radius 1 is 1.22 bits per heavy atom. The summed E-state index contributed by atoms with van der Waals surface area (Å²) in [4.78, 5) is 12.5. The Morgan fingerprint density at radius 3 is 2.57 bits per heavy atom. The van der Waals surface area contributed by atoms with Gasteiger partial charge in [-0.1, -0.05) is 43.3 Å². The molecule has 2 aromatic carbocycles. The van der Waals surface area contributed by atoms with Crippen LogP contribution in [-0.2, 0) is 4.79 Å². The topological polar surface area (TPSA) is 64.3 Å². The maximum atomic E-state index is 12.5. The molecule has 0 spiro atoms. The quantitative estimate of drug-likeness (QED) is 0.855. The summed E-state index contributed by atoms with van der Waals surface area (Å²) in [7, 11) is 0. The van der Waals surface area contributed by atoms with Crippen molar-refractivity contribution in [3.63, 3.8) is 0 Å². The first-order valence-corrected chi connectivity index (χ1v) is 7.87. The molecule has 2 aromatic rings. The number of aryl methyl sites for hydroxylation is 1. The van der Waals surface area contributed by atoms with Crippen molar-refractivity contribution in [2.75, 3.05) is 11.9 Å².